The van der Waals surface area contributed by atoms with E-state index in [1.54, 1.807) is 32.4 Å². The first-order valence-corrected chi connectivity index (χ1v) is 8.65. The van der Waals surface area contributed by atoms with Gasteiger partial charge in [0.15, 0.2) is 0 Å². The zero-order valence-electron chi connectivity index (χ0n) is 15.9. The molecule has 1 heterocycles. The van der Waals surface area contributed by atoms with Gasteiger partial charge < -0.3 is 19.5 Å². The normalized spacial score (nSPS) is 17.7. The number of rotatable bonds is 4. The van der Waals surface area contributed by atoms with Gasteiger partial charge in [0.25, 0.3) is 5.91 Å². The Morgan fingerprint density at radius 2 is 1.77 bits per heavy atom. The van der Waals surface area contributed by atoms with Gasteiger partial charge in [-0.1, -0.05) is 17.7 Å². The highest BCUT2D eigenvalue weighted by Gasteiger charge is 2.34. The summed E-state index contributed by atoms with van der Waals surface area (Å²) >= 11 is 0. The van der Waals surface area contributed by atoms with Gasteiger partial charge in [0.2, 0.25) is 0 Å². The number of carbonyl (C=O) groups is 1. The van der Waals surface area contributed by atoms with Crippen LogP contribution in [0, 0.1) is 6.92 Å². The summed E-state index contributed by atoms with van der Waals surface area (Å²) in [7, 11) is 3.13. The molecule has 1 atom stereocenters. The lowest BCUT2D eigenvalue weighted by Gasteiger charge is -2.38. The molecule has 138 valence electrons. The number of nitrogens with one attached hydrogen (secondary N) is 1. The van der Waals surface area contributed by atoms with Gasteiger partial charge in [0.1, 0.15) is 22.8 Å². The summed E-state index contributed by atoms with van der Waals surface area (Å²) in [4.78, 5) is 12.9. The monoisotopic (exact) mass is 355 g/mol. The minimum Gasteiger partial charge on any atom is -0.497 e. The largest absolute Gasteiger partial charge is 0.497 e. The van der Waals surface area contributed by atoms with Crippen molar-refractivity contribution in [2.45, 2.75) is 38.8 Å². The second kappa shape index (κ2) is 6.90. The van der Waals surface area contributed by atoms with Gasteiger partial charge in [-0.05, 0) is 39.0 Å². The quantitative estimate of drug-likeness (QED) is 0.899. The topological polar surface area (TPSA) is 56.8 Å². The number of aryl methyl sites for hydroxylation is 1. The van der Waals surface area contributed by atoms with Crippen molar-refractivity contribution in [2.24, 2.45) is 0 Å². The second-order valence-electron chi connectivity index (χ2n) is 7.23. The zero-order valence-corrected chi connectivity index (χ0v) is 15.9. The van der Waals surface area contributed by atoms with Crippen LogP contribution >= 0.6 is 0 Å². The van der Waals surface area contributed by atoms with Crippen LogP contribution in [-0.2, 0) is 0 Å². The van der Waals surface area contributed by atoms with Crippen LogP contribution in [0.2, 0.25) is 0 Å². The molecule has 1 amide bonds. The number of hydrogen-bond acceptors (Lipinski definition) is 4. The highest BCUT2D eigenvalue weighted by molar-refractivity contribution is 5.95. The summed E-state index contributed by atoms with van der Waals surface area (Å²) in [5.41, 5.74) is 2.29. The van der Waals surface area contributed by atoms with E-state index < -0.39 is 0 Å². The minimum atomic E-state index is -0.355. The average molecular weight is 355 g/mol. The van der Waals surface area contributed by atoms with Crippen molar-refractivity contribution in [3.8, 4) is 17.2 Å². The van der Waals surface area contributed by atoms with E-state index in [2.05, 4.69) is 11.4 Å². The fourth-order valence-corrected chi connectivity index (χ4v) is 3.28. The van der Waals surface area contributed by atoms with Gasteiger partial charge >= 0.3 is 0 Å². The van der Waals surface area contributed by atoms with E-state index in [0.717, 1.165) is 16.9 Å². The van der Waals surface area contributed by atoms with Crippen LogP contribution in [-0.4, -0.2) is 25.7 Å². The van der Waals surface area contributed by atoms with Crippen molar-refractivity contribution in [3.63, 3.8) is 0 Å². The van der Waals surface area contributed by atoms with Crippen LogP contribution in [0.25, 0.3) is 0 Å². The van der Waals surface area contributed by atoms with Crippen molar-refractivity contribution in [1.29, 1.82) is 0 Å². The molecule has 1 aliphatic rings. The summed E-state index contributed by atoms with van der Waals surface area (Å²) in [5, 5.41) is 3.15. The van der Waals surface area contributed by atoms with E-state index in [4.69, 9.17) is 14.2 Å². The maximum atomic E-state index is 12.9. The highest BCUT2D eigenvalue weighted by atomic mass is 16.5. The van der Waals surface area contributed by atoms with Gasteiger partial charge in [0, 0.05) is 23.6 Å². The van der Waals surface area contributed by atoms with Crippen molar-refractivity contribution >= 4 is 5.91 Å². The highest BCUT2D eigenvalue weighted by Crippen LogP contribution is 2.40. The fourth-order valence-electron chi connectivity index (χ4n) is 3.28. The predicted molar refractivity (Wildman–Crippen MR) is 100 cm³/mol. The Morgan fingerprint density at radius 1 is 1.12 bits per heavy atom. The van der Waals surface area contributed by atoms with Gasteiger partial charge in [-0.25, -0.2) is 0 Å². The minimum absolute atomic E-state index is 0.127. The molecule has 0 bridgehead atoms. The van der Waals surface area contributed by atoms with E-state index in [0.29, 0.717) is 23.5 Å². The molecule has 0 saturated carbocycles. The molecule has 0 saturated heterocycles. The van der Waals surface area contributed by atoms with E-state index in [1.165, 1.54) is 0 Å². The predicted octanol–water partition coefficient (Wildman–Crippen LogP) is 4.04. The van der Waals surface area contributed by atoms with Gasteiger partial charge in [-0.2, -0.15) is 0 Å². The summed E-state index contributed by atoms with van der Waals surface area (Å²) < 4.78 is 16.6. The molecule has 1 N–H and O–H groups in total. The Labute approximate surface area is 154 Å². The van der Waals surface area contributed by atoms with Crippen LogP contribution in [0.4, 0.5) is 0 Å². The third-order valence-electron chi connectivity index (χ3n) is 4.54. The van der Waals surface area contributed by atoms with Crippen molar-refractivity contribution in [3.05, 3.63) is 53.1 Å². The molecule has 3 rings (SSSR count). The molecule has 0 aliphatic carbocycles. The molecule has 0 unspecified atom stereocenters. The Kier molecular flexibility index (Phi) is 4.81. The van der Waals surface area contributed by atoms with E-state index in [1.807, 2.05) is 32.9 Å². The van der Waals surface area contributed by atoms with E-state index in [-0.39, 0.29) is 17.6 Å². The number of amides is 1. The summed E-state index contributed by atoms with van der Waals surface area (Å²) in [6.07, 6.45) is 0.691. The van der Waals surface area contributed by atoms with Gasteiger partial charge in [-0.15, -0.1) is 0 Å². The molecule has 0 radical (unpaired) electrons. The number of benzene rings is 2. The van der Waals surface area contributed by atoms with Crippen molar-refractivity contribution in [1.82, 2.24) is 5.32 Å². The third-order valence-corrected chi connectivity index (χ3v) is 4.54. The first-order valence-electron chi connectivity index (χ1n) is 8.65. The molecule has 5 nitrogen and oxygen atoms in total. The van der Waals surface area contributed by atoms with E-state index in [9.17, 15) is 4.79 Å². The first-order chi connectivity index (χ1) is 12.3. The van der Waals surface area contributed by atoms with Gasteiger partial charge in [-0.3, -0.25) is 4.79 Å². The third kappa shape index (κ3) is 3.77. The Bertz CT molecular complexity index is 807. The SMILES string of the molecule is COc1cc(OC)cc(C(=O)N[C@H]2CC(C)(C)Oc3ccc(C)cc32)c1. The molecular formula is C21H25NO4. The Hall–Kier alpha value is -2.69. The molecule has 2 aromatic rings. The smallest absolute Gasteiger partial charge is 0.252 e. The fraction of sp³-hybridized carbons (Fsp3) is 0.381. The summed E-state index contributed by atoms with van der Waals surface area (Å²) in [5.74, 6) is 1.81. The number of ether oxygens (including phenoxy) is 3. The van der Waals surface area contributed by atoms with Crippen LogP contribution in [0.3, 0.4) is 0 Å². The molecule has 1 aliphatic heterocycles. The maximum Gasteiger partial charge on any atom is 0.252 e. The molecule has 0 aromatic heterocycles. The van der Waals surface area contributed by atoms with E-state index >= 15 is 0 Å². The molecule has 2 aromatic carbocycles. The lowest BCUT2D eigenvalue weighted by Crippen LogP contribution is -2.41. The summed E-state index contributed by atoms with van der Waals surface area (Å²) in [6.45, 7) is 6.10. The number of carbonyl (C=O) groups excluding carboxylic acids is 1. The zero-order chi connectivity index (χ0) is 18.9. The van der Waals surface area contributed by atoms with Crippen molar-refractivity contribution < 1.29 is 19.0 Å². The van der Waals surface area contributed by atoms with Crippen LogP contribution in [0.15, 0.2) is 36.4 Å². The maximum absolute atomic E-state index is 12.9. The number of hydrogen-bond donors (Lipinski definition) is 1. The lowest BCUT2D eigenvalue weighted by molar-refractivity contribution is 0.0619. The van der Waals surface area contributed by atoms with Crippen LogP contribution < -0.4 is 19.5 Å². The second-order valence-corrected chi connectivity index (χ2v) is 7.23. The van der Waals surface area contributed by atoms with Gasteiger partial charge in [0.05, 0.1) is 20.3 Å². The lowest BCUT2D eigenvalue weighted by atomic mass is 9.88. The Balaban J connectivity index is 1.91. The molecule has 26 heavy (non-hydrogen) atoms. The number of fused-ring (bicyclic) bond motifs is 1. The first kappa shape index (κ1) is 18.1. The average Bonchev–Trinajstić information content (AvgIpc) is 2.61. The Morgan fingerprint density at radius 3 is 2.38 bits per heavy atom. The molecule has 0 fully saturated rings. The van der Waals surface area contributed by atoms with Crippen LogP contribution in [0.5, 0.6) is 17.2 Å². The standard InChI is InChI=1S/C21H25NO4/c1-13-6-7-19-17(8-13)18(12-21(2,3)26-19)22-20(23)14-9-15(24-4)11-16(10-14)25-5/h6-11,18H,12H2,1-5H3,(H,22,23)/t18-/m0/s1. The summed E-state index contributed by atoms with van der Waals surface area (Å²) in [6, 6.07) is 11.1. The van der Waals surface area contributed by atoms with Crippen LogP contribution in [0.1, 0.15) is 47.8 Å². The molecular weight excluding hydrogens is 330 g/mol. The van der Waals surface area contributed by atoms with Crippen molar-refractivity contribution in [2.75, 3.05) is 14.2 Å². The number of methoxy groups -OCH3 is 2. The molecule has 5 heteroatoms. The molecule has 0 spiro atoms.